The number of nitrogens with one attached hydrogen (secondary N) is 2. The number of hydrogen-bond acceptors (Lipinski definition) is 4. The summed E-state index contributed by atoms with van der Waals surface area (Å²) in [6.45, 7) is 4.01. The molecular weight excluding hydrogens is 302 g/mol. The number of unbranched alkanes of at least 4 members (excludes halogenated alkanes) is 5. The van der Waals surface area contributed by atoms with E-state index in [1.165, 1.54) is 25.7 Å². The van der Waals surface area contributed by atoms with Crippen LogP contribution in [0.3, 0.4) is 0 Å². The summed E-state index contributed by atoms with van der Waals surface area (Å²) in [5.41, 5.74) is 7.45. The molecule has 4 N–H and O–H groups in total. The molecule has 0 fully saturated rings. The minimum atomic E-state index is 0.120. The topological polar surface area (TPSA) is 76.4 Å². The molecule has 0 saturated carbocycles. The lowest BCUT2D eigenvalue weighted by molar-refractivity contribution is -0.121. The molecule has 24 heavy (non-hydrogen) atoms. The number of carbonyl (C=O) groups excluding carboxylic acids is 1. The summed E-state index contributed by atoms with van der Waals surface area (Å²) >= 11 is 0. The molecule has 0 saturated heterocycles. The molecule has 1 rings (SSSR count). The van der Waals surface area contributed by atoms with Gasteiger partial charge in [0.15, 0.2) is 0 Å². The lowest BCUT2D eigenvalue weighted by atomic mass is 10.1. The normalized spacial score (nSPS) is 10.5. The molecule has 0 aliphatic carbocycles. The molecule has 0 radical (unpaired) electrons. The summed E-state index contributed by atoms with van der Waals surface area (Å²) in [5, 5.41) is 6.20. The molecule has 0 aromatic heterocycles. The molecule has 0 atom stereocenters. The number of carbonyl (C=O) groups is 1. The van der Waals surface area contributed by atoms with Crippen LogP contribution in [0.5, 0.6) is 5.75 Å². The van der Waals surface area contributed by atoms with Gasteiger partial charge in [-0.2, -0.15) is 0 Å². The second-order valence-electron chi connectivity index (χ2n) is 6.04. The highest BCUT2D eigenvalue weighted by Gasteiger charge is 2.06. The maximum absolute atomic E-state index is 11.9. The van der Waals surface area contributed by atoms with E-state index < -0.39 is 0 Å². The van der Waals surface area contributed by atoms with E-state index in [1.807, 2.05) is 18.2 Å². The number of rotatable bonds is 13. The first-order chi connectivity index (χ1) is 11.7. The molecule has 0 aliphatic heterocycles. The Balaban J connectivity index is 2.31. The van der Waals surface area contributed by atoms with Crippen LogP contribution in [0, 0.1) is 0 Å². The molecule has 1 aromatic rings. The van der Waals surface area contributed by atoms with Crippen molar-refractivity contribution in [2.75, 3.05) is 25.5 Å². The van der Waals surface area contributed by atoms with Gasteiger partial charge in [-0.3, -0.25) is 4.79 Å². The smallest absolute Gasteiger partial charge is 0.220 e. The van der Waals surface area contributed by atoms with Gasteiger partial charge < -0.3 is 21.1 Å². The average molecular weight is 335 g/mol. The molecule has 0 spiro atoms. The van der Waals surface area contributed by atoms with Crippen molar-refractivity contribution < 1.29 is 9.53 Å². The van der Waals surface area contributed by atoms with E-state index in [1.54, 1.807) is 7.11 Å². The molecular formula is C19H33N3O2. The number of ether oxygens (including phenoxy) is 1. The zero-order chi connectivity index (χ0) is 17.6. The van der Waals surface area contributed by atoms with E-state index >= 15 is 0 Å². The third-order valence-electron chi connectivity index (χ3n) is 3.97. The Morgan fingerprint density at radius 1 is 1.17 bits per heavy atom. The van der Waals surface area contributed by atoms with Gasteiger partial charge in [0.05, 0.1) is 12.8 Å². The van der Waals surface area contributed by atoms with Gasteiger partial charge in [-0.1, -0.05) is 45.1 Å². The molecule has 1 amide bonds. The summed E-state index contributed by atoms with van der Waals surface area (Å²) in [5.74, 6) is 0.890. The fourth-order valence-corrected chi connectivity index (χ4v) is 2.55. The number of methoxy groups -OCH3 is 1. The number of nitrogens with two attached hydrogens (primary N) is 1. The number of amides is 1. The molecule has 1 aromatic carbocycles. The second-order valence-corrected chi connectivity index (χ2v) is 6.04. The predicted molar refractivity (Wildman–Crippen MR) is 100 cm³/mol. The fraction of sp³-hybridized carbons (Fsp3) is 0.632. The Hall–Kier alpha value is -1.75. The van der Waals surface area contributed by atoms with Gasteiger partial charge in [0, 0.05) is 26.1 Å². The summed E-state index contributed by atoms with van der Waals surface area (Å²) in [6, 6.07) is 5.90. The maximum Gasteiger partial charge on any atom is 0.220 e. The van der Waals surface area contributed by atoms with E-state index in [4.69, 9.17) is 10.5 Å². The second kappa shape index (κ2) is 12.6. The lowest BCUT2D eigenvalue weighted by Crippen LogP contribution is -2.22. The maximum atomic E-state index is 11.9. The third kappa shape index (κ3) is 8.20. The van der Waals surface area contributed by atoms with Crippen molar-refractivity contribution in [2.45, 2.75) is 58.4 Å². The molecule has 136 valence electrons. The first-order valence-electron chi connectivity index (χ1n) is 9.08. The van der Waals surface area contributed by atoms with Crippen LogP contribution in [0.15, 0.2) is 18.2 Å². The van der Waals surface area contributed by atoms with Crippen molar-refractivity contribution in [1.82, 2.24) is 5.32 Å². The van der Waals surface area contributed by atoms with Gasteiger partial charge in [0.25, 0.3) is 0 Å². The summed E-state index contributed by atoms with van der Waals surface area (Å²) in [7, 11) is 1.64. The molecule has 0 aliphatic rings. The number of anilines is 1. The summed E-state index contributed by atoms with van der Waals surface area (Å²) in [6.07, 6.45) is 7.79. The van der Waals surface area contributed by atoms with Gasteiger partial charge in [-0.05, 0) is 24.1 Å². The molecule has 0 unspecified atom stereocenters. The third-order valence-corrected chi connectivity index (χ3v) is 3.97. The van der Waals surface area contributed by atoms with Crippen LogP contribution in [-0.2, 0) is 11.3 Å². The van der Waals surface area contributed by atoms with Gasteiger partial charge in [-0.25, -0.2) is 0 Å². The fourth-order valence-electron chi connectivity index (χ4n) is 2.55. The van der Waals surface area contributed by atoms with Crippen molar-refractivity contribution in [3.05, 3.63) is 23.8 Å². The SMILES string of the molecule is CCCCCCCCC(=O)NCc1ccc(NCCN)c(OC)c1. The van der Waals surface area contributed by atoms with Crippen molar-refractivity contribution >= 4 is 11.6 Å². The summed E-state index contributed by atoms with van der Waals surface area (Å²) < 4.78 is 5.39. The van der Waals surface area contributed by atoms with E-state index in [2.05, 4.69) is 17.6 Å². The van der Waals surface area contributed by atoms with E-state index in [-0.39, 0.29) is 5.91 Å². The first kappa shape index (κ1) is 20.3. The van der Waals surface area contributed by atoms with Crippen molar-refractivity contribution in [1.29, 1.82) is 0 Å². The zero-order valence-electron chi connectivity index (χ0n) is 15.2. The van der Waals surface area contributed by atoms with Gasteiger partial charge in [-0.15, -0.1) is 0 Å². The van der Waals surface area contributed by atoms with Gasteiger partial charge in [0.2, 0.25) is 5.91 Å². The lowest BCUT2D eigenvalue weighted by Gasteiger charge is -2.12. The minimum absolute atomic E-state index is 0.120. The van der Waals surface area contributed by atoms with Gasteiger partial charge in [0.1, 0.15) is 5.75 Å². The standard InChI is InChI=1S/C19H33N3O2/c1-3-4-5-6-7-8-9-19(23)22-15-16-10-11-17(21-13-12-20)18(14-16)24-2/h10-11,14,21H,3-9,12-13,15,20H2,1-2H3,(H,22,23). The van der Waals surface area contributed by atoms with Crippen LogP contribution < -0.4 is 21.1 Å². The number of hydrogen-bond donors (Lipinski definition) is 3. The highest BCUT2D eigenvalue weighted by Crippen LogP contribution is 2.25. The van der Waals surface area contributed by atoms with Crippen molar-refractivity contribution in [2.24, 2.45) is 5.73 Å². The largest absolute Gasteiger partial charge is 0.495 e. The van der Waals surface area contributed by atoms with Crippen LogP contribution in [-0.4, -0.2) is 26.1 Å². The van der Waals surface area contributed by atoms with Crippen LogP contribution >= 0.6 is 0 Å². The van der Waals surface area contributed by atoms with Gasteiger partial charge >= 0.3 is 0 Å². The summed E-state index contributed by atoms with van der Waals surface area (Å²) in [4.78, 5) is 11.9. The molecule has 0 bridgehead atoms. The predicted octanol–water partition coefficient (Wildman–Crippen LogP) is 3.43. The zero-order valence-corrected chi connectivity index (χ0v) is 15.2. The Morgan fingerprint density at radius 3 is 2.62 bits per heavy atom. The van der Waals surface area contributed by atoms with Crippen LogP contribution in [0.4, 0.5) is 5.69 Å². The molecule has 0 heterocycles. The van der Waals surface area contributed by atoms with Crippen molar-refractivity contribution in [3.63, 3.8) is 0 Å². The molecule has 5 nitrogen and oxygen atoms in total. The van der Waals surface area contributed by atoms with Crippen molar-refractivity contribution in [3.8, 4) is 5.75 Å². The Bertz CT molecular complexity index is 478. The Labute approximate surface area is 146 Å². The van der Waals surface area contributed by atoms with Crippen LogP contribution in [0.2, 0.25) is 0 Å². The monoisotopic (exact) mass is 335 g/mol. The average Bonchev–Trinajstić information content (AvgIpc) is 2.61. The highest BCUT2D eigenvalue weighted by molar-refractivity contribution is 5.75. The Morgan fingerprint density at radius 2 is 1.92 bits per heavy atom. The minimum Gasteiger partial charge on any atom is -0.495 e. The Kier molecular flexibility index (Phi) is 10.7. The highest BCUT2D eigenvalue weighted by atomic mass is 16.5. The number of benzene rings is 1. The van der Waals surface area contributed by atoms with E-state index in [9.17, 15) is 4.79 Å². The van der Waals surface area contributed by atoms with E-state index in [0.29, 0.717) is 26.1 Å². The van der Waals surface area contributed by atoms with Crippen LogP contribution in [0.1, 0.15) is 57.4 Å². The molecule has 5 heteroatoms. The quantitative estimate of drug-likeness (QED) is 0.483. The van der Waals surface area contributed by atoms with E-state index in [0.717, 1.165) is 29.8 Å². The first-order valence-corrected chi connectivity index (χ1v) is 9.08. The van der Waals surface area contributed by atoms with Crippen LogP contribution in [0.25, 0.3) is 0 Å².